The molecule has 1 aromatic heterocycles. The van der Waals surface area contributed by atoms with Gasteiger partial charge in [-0.2, -0.15) is 0 Å². The molecule has 3 rings (SSSR count). The van der Waals surface area contributed by atoms with E-state index in [1.807, 2.05) is 9.80 Å². The number of carbonyl (C=O) groups excluding carboxylic acids is 2. The lowest BCUT2D eigenvalue weighted by Gasteiger charge is -2.40. The molecule has 7 heteroatoms. The standard InChI is InChI=1S/C20H29N3O4/c1-15(2)14-23-10-11-27-20(12-18(23)24)6-8-22(9-7-20)19(25)16-4-5-17(26-3)21-13-16/h4-5,13,15H,6-12,14H2,1-3H3. The van der Waals surface area contributed by atoms with Gasteiger partial charge in [0.05, 0.1) is 31.3 Å². The molecule has 3 heterocycles. The van der Waals surface area contributed by atoms with E-state index >= 15 is 0 Å². The van der Waals surface area contributed by atoms with Crippen molar-refractivity contribution in [1.82, 2.24) is 14.8 Å². The molecule has 27 heavy (non-hydrogen) atoms. The van der Waals surface area contributed by atoms with Crippen molar-refractivity contribution in [2.24, 2.45) is 5.92 Å². The first kappa shape index (κ1) is 19.6. The van der Waals surface area contributed by atoms with E-state index in [0.717, 1.165) is 6.54 Å². The number of carbonyl (C=O) groups is 2. The van der Waals surface area contributed by atoms with Gasteiger partial charge in [0.25, 0.3) is 5.91 Å². The van der Waals surface area contributed by atoms with Crippen LogP contribution in [0.5, 0.6) is 5.88 Å². The van der Waals surface area contributed by atoms with Crippen molar-refractivity contribution in [2.45, 2.75) is 38.7 Å². The van der Waals surface area contributed by atoms with Crippen LogP contribution in [0.25, 0.3) is 0 Å². The van der Waals surface area contributed by atoms with Crippen LogP contribution in [0, 0.1) is 5.92 Å². The average Bonchev–Trinajstić information content (AvgIpc) is 2.80. The maximum absolute atomic E-state index is 12.7. The van der Waals surface area contributed by atoms with E-state index in [0.29, 0.717) is 62.9 Å². The number of likely N-dealkylation sites (tertiary alicyclic amines) is 1. The predicted molar refractivity (Wildman–Crippen MR) is 101 cm³/mol. The van der Waals surface area contributed by atoms with Crippen LogP contribution in [0.3, 0.4) is 0 Å². The molecule has 0 radical (unpaired) electrons. The first-order chi connectivity index (χ1) is 12.9. The quantitative estimate of drug-likeness (QED) is 0.805. The van der Waals surface area contributed by atoms with Crippen molar-refractivity contribution in [3.05, 3.63) is 23.9 Å². The summed E-state index contributed by atoms with van der Waals surface area (Å²) in [5.74, 6) is 1.06. The van der Waals surface area contributed by atoms with Gasteiger partial charge in [0.15, 0.2) is 0 Å². The summed E-state index contributed by atoms with van der Waals surface area (Å²) >= 11 is 0. The van der Waals surface area contributed by atoms with Gasteiger partial charge in [-0.15, -0.1) is 0 Å². The molecule has 148 valence electrons. The molecular formula is C20H29N3O4. The fraction of sp³-hybridized carbons (Fsp3) is 0.650. The lowest BCUT2D eigenvalue weighted by molar-refractivity contribution is -0.135. The van der Waals surface area contributed by atoms with Crippen molar-refractivity contribution in [3.63, 3.8) is 0 Å². The van der Waals surface area contributed by atoms with E-state index < -0.39 is 5.60 Å². The lowest BCUT2D eigenvalue weighted by Crippen LogP contribution is -2.49. The van der Waals surface area contributed by atoms with E-state index in [2.05, 4.69) is 18.8 Å². The van der Waals surface area contributed by atoms with Crippen LogP contribution in [-0.4, -0.2) is 72.1 Å². The largest absolute Gasteiger partial charge is 0.481 e. The van der Waals surface area contributed by atoms with E-state index in [9.17, 15) is 9.59 Å². The number of rotatable bonds is 4. The Morgan fingerprint density at radius 2 is 2.04 bits per heavy atom. The summed E-state index contributed by atoms with van der Waals surface area (Å²) in [7, 11) is 1.55. The Kier molecular flexibility index (Phi) is 5.99. The molecule has 1 spiro atoms. The highest BCUT2D eigenvalue weighted by Crippen LogP contribution is 2.33. The molecule has 0 N–H and O–H groups in total. The van der Waals surface area contributed by atoms with Crippen LogP contribution in [0.1, 0.15) is 43.5 Å². The third kappa shape index (κ3) is 4.58. The number of hydrogen-bond donors (Lipinski definition) is 0. The minimum Gasteiger partial charge on any atom is -0.481 e. The van der Waals surface area contributed by atoms with Gasteiger partial charge in [-0.3, -0.25) is 9.59 Å². The molecule has 1 aromatic rings. The molecular weight excluding hydrogens is 346 g/mol. The van der Waals surface area contributed by atoms with Gasteiger partial charge in [0.1, 0.15) is 0 Å². The van der Waals surface area contributed by atoms with Gasteiger partial charge >= 0.3 is 0 Å². The van der Waals surface area contributed by atoms with Crippen molar-refractivity contribution in [1.29, 1.82) is 0 Å². The maximum atomic E-state index is 12.7. The summed E-state index contributed by atoms with van der Waals surface area (Å²) in [6.07, 6.45) is 3.32. The molecule has 2 saturated heterocycles. The van der Waals surface area contributed by atoms with E-state index in [-0.39, 0.29) is 11.8 Å². The molecule has 0 aromatic carbocycles. The highest BCUT2D eigenvalue weighted by Gasteiger charge is 2.41. The van der Waals surface area contributed by atoms with Gasteiger partial charge in [-0.1, -0.05) is 13.8 Å². The minimum absolute atomic E-state index is 0.0404. The Morgan fingerprint density at radius 1 is 1.30 bits per heavy atom. The Hall–Kier alpha value is -2.15. The first-order valence-electron chi connectivity index (χ1n) is 9.63. The zero-order valence-electron chi connectivity index (χ0n) is 16.4. The number of amides is 2. The number of hydrogen-bond acceptors (Lipinski definition) is 5. The molecule has 2 aliphatic rings. The third-order valence-corrected chi connectivity index (χ3v) is 5.34. The molecule has 7 nitrogen and oxygen atoms in total. The smallest absolute Gasteiger partial charge is 0.255 e. The predicted octanol–water partition coefficient (Wildman–Crippen LogP) is 1.97. The topological polar surface area (TPSA) is 72.0 Å². The van der Waals surface area contributed by atoms with Crippen LogP contribution in [-0.2, 0) is 9.53 Å². The number of aromatic nitrogens is 1. The third-order valence-electron chi connectivity index (χ3n) is 5.34. The summed E-state index contributed by atoms with van der Waals surface area (Å²) in [5.41, 5.74) is 0.116. The second kappa shape index (κ2) is 8.25. The lowest BCUT2D eigenvalue weighted by atomic mass is 9.87. The zero-order valence-corrected chi connectivity index (χ0v) is 16.4. The van der Waals surface area contributed by atoms with E-state index in [1.54, 1.807) is 25.4 Å². The average molecular weight is 375 g/mol. The summed E-state index contributed by atoms with van der Waals surface area (Å²) in [6, 6.07) is 3.42. The zero-order chi connectivity index (χ0) is 19.4. The van der Waals surface area contributed by atoms with Crippen molar-refractivity contribution in [3.8, 4) is 5.88 Å². The number of methoxy groups -OCH3 is 1. The molecule has 2 fully saturated rings. The van der Waals surface area contributed by atoms with Crippen LogP contribution in [0.15, 0.2) is 18.3 Å². The van der Waals surface area contributed by atoms with Crippen molar-refractivity contribution < 1.29 is 19.1 Å². The van der Waals surface area contributed by atoms with Crippen LogP contribution in [0.2, 0.25) is 0 Å². The monoisotopic (exact) mass is 375 g/mol. The molecule has 0 unspecified atom stereocenters. The normalized spacial score (nSPS) is 20.1. The summed E-state index contributed by atoms with van der Waals surface area (Å²) in [4.78, 5) is 33.2. The highest BCUT2D eigenvalue weighted by atomic mass is 16.5. The molecule has 0 bridgehead atoms. The fourth-order valence-corrected chi connectivity index (χ4v) is 3.82. The number of pyridine rings is 1. The SMILES string of the molecule is COc1ccc(C(=O)N2CCC3(CC2)CC(=O)N(CC(C)C)CCO3)cn1. The van der Waals surface area contributed by atoms with Gasteiger partial charge in [-0.05, 0) is 24.8 Å². The molecule has 0 saturated carbocycles. The first-order valence-corrected chi connectivity index (χ1v) is 9.63. The van der Waals surface area contributed by atoms with Crippen LogP contribution >= 0.6 is 0 Å². The highest BCUT2D eigenvalue weighted by molar-refractivity contribution is 5.94. The molecule has 2 amide bonds. The number of ether oxygens (including phenoxy) is 2. The van der Waals surface area contributed by atoms with Gasteiger partial charge in [0, 0.05) is 38.4 Å². The van der Waals surface area contributed by atoms with E-state index in [4.69, 9.17) is 9.47 Å². The fourth-order valence-electron chi connectivity index (χ4n) is 3.82. The molecule has 2 aliphatic heterocycles. The van der Waals surface area contributed by atoms with Crippen LogP contribution < -0.4 is 4.74 Å². The number of nitrogens with zero attached hydrogens (tertiary/aromatic N) is 3. The Balaban J connectivity index is 1.60. The van der Waals surface area contributed by atoms with Crippen molar-refractivity contribution >= 4 is 11.8 Å². The summed E-state index contributed by atoms with van der Waals surface area (Å²) in [5, 5.41) is 0. The number of piperidine rings is 1. The summed E-state index contributed by atoms with van der Waals surface area (Å²) in [6.45, 7) is 7.39. The maximum Gasteiger partial charge on any atom is 0.255 e. The Labute approximate surface area is 160 Å². The van der Waals surface area contributed by atoms with E-state index in [1.165, 1.54) is 0 Å². The van der Waals surface area contributed by atoms with Crippen molar-refractivity contribution in [2.75, 3.05) is 39.9 Å². The van der Waals surface area contributed by atoms with Crippen LogP contribution in [0.4, 0.5) is 0 Å². The Morgan fingerprint density at radius 3 is 2.63 bits per heavy atom. The second-order valence-corrected chi connectivity index (χ2v) is 7.82. The summed E-state index contributed by atoms with van der Waals surface area (Å²) < 4.78 is 11.2. The van der Waals surface area contributed by atoms with Gasteiger partial charge in [0.2, 0.25) is 11.8 Å². The molecule has 0 aliphatic carbocycles. The molecule has 0 atom stereocenters. The van der Waals surface area contributed by atoms with Gasteiger partial charge in [-0.25, -0.2) is 4.98 Å². The Bertz CT molecular complexity index is 666. The minimum atomic E-state index is -0.433. The van der Waals surface area contributed by atoms with Gasteiger partial charge < -0.3 is 19.3 Å². The second-order valence-electron chi connectivity index (χ2n) is 7.82.